The number of thioether (sulfide) groups is 1. The van der Waals surface area contributed by atoms with Crippen molar-refractivity contribution in [1.29, 1.82) is 0 Å². The van der Waals surface area contributed by atoms with Crippen molar-refractivity contribution in [3.63, 3.8) is 0 Å². The second-order valence-corrected chi connectivity index (χ2v) is 6.70. The van der Waals surface area contributed by atoms with Crippen molar-refractivity contribution in [2.75, 3.05) is 12.4 Å². The molecule has 138 valence electrons. The molecule has 2 rings (SSSR count). The van der Waals surface area contributed by atoms with Gasteiger partial charge in [-0.2, -0.15) is 11.8 Å². The number of hydrogen-bond acceptors (Lipinski definition) is 5. The maximum absolute atomic E-state index is 12.0. The van der Waals surface area contributed by atoms with E-state index in [4.69, 9.17) is 0 Å². The maximum atomic E-state index is 12.0. The number of rotatable bonds is 8. The number of nitrogens with one attached hydrogen (secondary N) is 3. The number of carbonyl (C=O) groups is 1. The number of aryl methyl sites for hydroxylation is 1. The summed E-state index contributed by atoms with van der Waals surface area (Å²) in [6.45, 7) is 1.39. The van der Waals surface area contributed by atoms with Gasteiger partial charge >= 0.3 is 5.69 Å². The Morgan fingerprint density at radius 3 is 2.65 bits per heavy atom. The van der Waals surface area contributed by atoms with Crippen LogP contribution in [0, 0.1) is 6.92 Å². The molecule has 1 aromatic heterocycles. The quantitative estimate of drug-likeness (QED) is 0.510. The van der Waals surface area contributed by atoms with E-state index in [9.17, 15) is 19.5 Å². The summed E-state index contributed by atoms with van der Waals surface area (Å²) in [5.74, 6) is 0.924. The lowest BCUT2D eigenvalue weighted by molar-refractivity contribution is -0.117. The predicted molar refractivity (Wildman–Crippen MR) is 103 cm³/mol. The highest BCUT2D eigenvalue weighted by molar-refractivity contribution is 7.98. The van der Waals surface area contributed by atoms with Crippen LogP contribution in [0.25, 0.3) is 6.08 Å². The van der Waals surface area contributed by atoms with Crippen molar-refractivity contribution in [3.05, 3.63) is 74.1 Å². The van der Waals surface area contributed by atoms with Gasteiger partial charge in [0.25, 0.3) is 5.56 Å². The Hall–Kier alpha value is -2.58. The van der Waals surface area contributed by atoms with Crippen LogP contribution in [0.2, 0.25) is 0 Å². The Kier molecular flexibility index (Phi) is 7.43. The molecule has 1 amide bonds. The Bertz CT molecular complexity index is 874. The van der Waals surface area contributed by atoms with E-state index in [1.165, 1.54) is 17.7 Å². The third-order valence-corrected chi connectivity index (χ3v) is 4.75. The van der Waals surface area contributed by atoms with Crippen molar-refractivity contribution in [1.82, 2.24) is 15.3 Å². The fourth-order valence-corrected chi connectivity index (χ4v) is 3.27. The average molecular weight is 375 g/mol. The molecule has 0 bridgehead atoms. The van der Waals surface area contributed by atoms with Crippen molar-refractivity contribution in [3.8, 4) is 0 Å². The molecule has 0 spiro atoms. The number of aliphatic hydroxyl groups is 1. The second kappa shape index (κ2) is 9.79. The van der Waals surface area contributed by atoms with E-state index in [1.54, 1.807) is 18.7 Å². The highest BCUT2D eigenvalue weighted by Gasteiger charge is 2.10. The molecule has 1 atom stereocenters. The monoisotopic (exact) mass is 375 g/mol. The molecule has 1 unspecified atom stereocenters. The third-order valence-electron chi connectivity index (χ3n) is 3.58. The molecule has 1 aromatic carbocycles. The molecule has 0 fully saturated rings. The summed E-state index contributed by atoms with van der Waals surface area (Å²) in [5.41, 5.74) is 0.601. The lowest BCUT2D eigenvalue weighted by atomic mass is 10.2. The van der Waals surface area contributed by atoms with Gasteiger partial charge < -0.3 is 15.4 Å². The minimum absolute atomic E-state index is 0.181. The summed E-state index contributed by atoms with van der Waals surface area (Å²) in [6, 6.07) is 9.53. The molecule has 8 heteroatoms. The van der Waals surface area contributed by atoms with Gasteiger partial charge in [0.15, 0.2) is 0 Å². The highest BCUT2D eigenvalue weighted by atomic mass is 32.2. The summed E-state index contributed by atoms with van der Waals surface area (Å²) >= 11 is 1.61. The maximum Gasteiger partial charge on any atom is 0.325 e. The zero-order valence-electron chi connectivity index (χ0n) is 14.3. The Labute approximate surface area is 154 Å². The number of hydrogen-bond donors (Lipinski definition) is 4. The summed E-state index contributed by atoms with van der Waals surface area (Å²) in [7, 11) is 0. The molecule has 0 saturated heterocycles. The van der Waals surface area contributed by atoms with Crippen LogP contribution >= 0.6 is 11.8 Å². The SMILES string of the molecule is Cc1[nH]c(=O)[nH]c(=O)c1C=CC(=O)NC(CO)CSCc1ccccc1. The fraction of sp³-hybridized carbons (Fsp3) is 0.278. The van der Waals surface area contributed by atoms with Crippen LogP contribution in [-0.4, -0.2) is 39.4 Å². The van der Waals surface area contributed by atoms with Gasteiger partial charge in [-0.25, -0.2) is 4.79 Å². The summed E-state index contributed by atoms with van der Waals surface area (Å²) < 4.78 is 0. The van der Waals surface area contributed by atoms with Gasteiger partial charge in [-0.15, -0.1) is 0 Å². The third kappa shape index (κ3) is 6.05. The molecule has 0 aliphatic rings. The summed E-state index contributed by atoms with van der Waals surface area (Å²) in [4.78, 5) is 39.4. The Balaban J connectivity index is 1.88. The minimum Gasteiger partial charge on any atom is -0.394 e. The van der Waals surface area contributed by atoms with Crippen LogP contribution in [0.1, 0.15) is 16.8 Å². The molecular weight excluding hydrogens is 354 g/mol. The number of carbonyl (C=O) groups excluding carboxylic acids is 1. The largest absolute Gasteiger partial charge is 0.394 e. The van der Waals surface area contributed by atoms with E-state index in [0.717, 1.165) is 5.75 Å². The van der Waals surface area contributed by atoms with Gasteiger partial charge in [-0.05, 0) is 18.6 Å². The van der Waals surface area contributed by atoms with E-state index in [2.05, 4.69) is 15.3 Å². The van der Waals surface area contributed by atoms with Gasteiger partial charge in [0, 0.05) is 23.3 Å². The van der Waals surface area contributed by atoms with Gasteiger partial charge in [0.05, 0.1) is 18.2 Å². The van der Waals surface area contributed by atoms with Crippen LogP contribution < -0.4 is 16.6 Å². The summed E-state index contributed by atoms with van der Waals surface area (Å²) in [6.07, 6.45) is 2.55. The highest BCUT2D eigenvalue weighted by Crippen LogP contribution is 2.12. The zero-order valence-corrected chi connectivity index (χ0v) is 15.1. The number of amides is 1. The number of aromatic nitrogens is 2. The van der Waals surface area contributed by atoms with E-state index >= 15 is 0 Å². The molecule has 4 N–H and O–H groups in total. The predicted octanol–water partition coefficient (Wildman–Crippen LogP) is 0.795. The van der Waals surface area contributed by atoms with Crippen LogP contribution in [0.4, 0.5) is 0 Å². The van der Waals surface area contributed by atoms with Gasteiger partial charge in [-0.3, -0.25) is 14.6 Å². The van der Waals surface area contributed by atoms with Crippen LogP contribution in [0.3, 0.4) is 0 Å². The molecule has 0 radical (unpaired) electrons. The normalized spacial score (nSPS) is 12.2. The van der Waals surface area contributed by atoms with Gasteiger partial charge in [-0.1, -0.05) is 30.3 Å². The van der Waals surface area contributed by atoms with Gasteiger partial charge in [0.1, 0.15) is 0 Å². The number of benzene rings is 1. The standard InChI is InChI=1S/C18H21N3O4S/c1-12-15(17(24)21-18(25)19-12)7-8-16(23)20-14(9-22)11-26-10-13-5-3-2-4-6-13/h2-8,14,22H,9-11H2,1H3,(H,20,23)(H2,19,21,24,25). The lowest BCUT2D eigenvalue weighted by Gasteiger charge is -2.14. The molecule has 7 nitrogen and oxygen atoms in total. The van der Waals surface area contributed by atoms with Crippen molar-refractivity contribution >= 4 is 23.7 Å². The Morgan fingerprint density at radius 1 is 1.27 bits per heavy atom. The molecule has 0 aliphatic carbocycles. The van der Waals surface area contributed by atoms with Crippen LogP contribution in [-0.2, 0) is 10.5 Å². The van der Waals surface area contributed by atoms with E-state index in [-0.39, 0.29) is 12.2 Å². The average Bonchev–Trinajstić information content (AvgIpc) is 2.60. The first kappa shape index (κ1) is 19.7. The topological polar surface area (TPSA) is 115 Å². The Morgan fingerprint density at radius 2 is 2.00 bits per heavy atom. The first-order chi connectivity index (χ1) is 12.5. The van der Waals surface area contributed by atoms with Crippen molar-refractivity contribution in [2.24, 2.45) is 0 Å². The first-order valence-corrected chi connectivity index (χ1v) is 9.19. The van der Waals surface area contributed by atoms with E-state index < -0.39 is 23.2 Å². The number of aliphatic hydroxyl groups excluding tert-OH is 1. The smallest absolute Gasteiger partial charge is 0.325 e. The molecule has 0 aliphatic heterocycles. The second-order valence-electron chi connectivity index (χ2n) is 5.67. The van der Waals surface area contributed by atoms with Crippen LogP contribution in [0.5, 0.6) is 0 Å². The number of aromatic amines is 2. The van der Waals surface area contributed by atoms with E-state index in [0.29, 0.717) is 11.4 Å². The molecule has 1 heterocycles. The molecule has 0 saturated carbocycles. The van der Waals surface area contributed by atoms with Crippen molar-refractivity contribution in [2.45, 2.75) is 18.7 Å². The van der Waals surface area contributed by atoms with Crippen LogP contribution in [0.15, 0.2) is 46.0 Å². The number of H-pyrrole nitrogens is 2. The lowest BCUT2D eigenvalue weighted by Crippen LogP contribution is -2.38. The fourth-order valence-electron chi connectivity index (χ4n) is 2.25. The first-order valence-electron chi connectivity index (χ1n) is 8.04. The summed E-state index contributed by atoms with van der Waals surface area (Å²) in [5, 5.41) is 12.1. The molecule has 2 aromatic rings. The van der Waals surface area contributed by atoms with Crippen molar-refractivity contribution < 1.29 is 9.90 Å². The molecule has 26 heavy (non-hydrogen) atoms. The minimum atomic E-state index is -0.593. The van der Waals surface area contributed by atoms with E-state index in [1.807, 2.05) is 30.3 Å². The van der Waals surface area contributed by atoms with Gasteiger partial charge in [0.2, 0.25) is 5.91 Å². The zero-order chi connectivity index (χ0) is 18.9. The molecular formula is C18H21N3O4S.